The van der Waals surface area contributed by atoms with Crippen molar-refractivity contribution in [3.63, 3.8) is 0 Å². The summed E-state index contributed by atoms with van der Waals surface area (Å²) < 4.78 is 36.9. The van der Waals surface area contributed by atoms with Crippen molar-refractivity contribution in [2.45, 2.75) is 43.0 Å². The van der Waals surface area contributed by atoms with Crippen molar-refractivity contribution < 1.29 is 18.3 Å². The number of nitrogens with zero attached hydrogens (tertiary/aromatic N) is 3. The number of benzene rings is 1. The SMILES string of the molecule is FC(F)Oc1ccc(CSc2nnc(-c3cccs3)n2CC2CCCO2)cc1. The summed E-state index contributed by atoms with van der Waals surface area (Å²) in [5.41, 5.74) is 0.996. The lowest BCUT2D eigenvalue weighted by molar-refractivity contribution is -0.0498. The summed E-state index contributed by atoms with van der Waals surface area (Å²) in [6.07, 6.45) is 2.30. The zero-order valence-corrected chi connectivity index (χ0v) is 16.6. The Labute approximate surface area is 169 Å². The Balaban J connectivity index is 1.49. The van der Waals surface area contributed by atoms with Crippen LogP contribution in [-0.2, 0) is 17.0 Å². The van der Waals surface area contributed by atoms with Gasteiger partial charge < -0.3 is 9.47 Å². The summed E-state index contributed by atoms with van der Waals surface area (Å²) >= 11 is 3.20. The average molecular weight is 424 g/mol. The molecule has 1 aliphatic rings. The molecular formula is C19H19F2N3O2S2. The Bertz CT molecular complexity index is 879. The third kappa shape index (κ3) is 4.71. The van der Waals surface area contributed by atoms with E-state index in [0.717, 1.165) is 47.4 Å². The fourth-order valence-corrected chi connectivity index (χ4v) is 4.68. The van der Waals surface area contributed by atoms with E-state index in [1.165, 1.54) is 0 Å². The van der Waals surface area contributed by atoms with Crippen molar-refractivity contribution in [2.24, 2.45) is 0 Å². The Kier molecular flexibility index (Phi) is 6.23. The number of rotatable bonds is 8. The molecule has 3 heterocycles. The minimum atomic E-state index is -2.81. The molecule has 1 atom stereocenters. The molecule has 0 amide bonds. The van der Waals surface area contributed by atoms with E-state index < -0.39 is 6.61 Å². The number of halogens is 2. The van der Waals surface area contributed by atoms with E-state index in [2.05, 4.69) is 19.5 Å². The second kappa shape index (κ2) is 9.02. The molecule has 0 spiro atoms. The van der Waals surface area contributed by atoms with Gasteiger partial charge in [0.1, 0.15) is 5.75 Å². The molecule has 1 unspecified atom stereocenters. The van der Waals surface area contributed by atoms with Gasteiger partial charge in [-0.25, -0.2) is 0 Å². The molecule has 4 rings (SSSR count). The maximum atomic E-state index is 12.3. The predicted molar refractivity (Wildman–Crippen MR) is 105 cm³/mol. The van der Waals surface area contributed by atoms with Gasteiger partial charge in [-0.1, -0.05) is 30.0 Å². The molecule has 1 aromatic carbocycles. The predicted octanol–water partition coefficient (Wildman–Crippen LogP) is 5.08. The quantitative estimate of drug-likeness (QED) is 0.473. The summed E-state index contributed by atoms with van der Waals surface area (Å²) in [6, 6.07) is 10.7. The highest BCUT2D eigenvalue weighted by Gasteiger charge is 2.22. The van der Waals surface area contributed by atoms with E-state index in [4.69, 9.17) is 4.74 Å². The molecular weight excluding hydrogens is 404 g/mol. The molecule has 0 aliphatic carbocycles. The molecule has 0 radical (unpaired) electrons. The van der Waals surface area contributed by atoms with Crippen LogP contribution in [0, 0.1) is 0 Å². The van der Waals surface area contributed by atoms with Gasteiger partial charge in [-0.05, 0) is 42.0 Å². The van der Waals surface area contributed by atoms with Crippen molar-refractivity contribution in [1.29, 1.82) is 0 Å². The topological polar surface area (TPSA) is 49.2 Å². The van der Waals surface area contributed by atoms with Crippen LogP contribution in [0.25, 0.3) is 10.7 Å². The highest BCUT2D eigenvalue weighted by Crippen LogP contribution is 2.30. The normalized spacial score (nSPS) is 16.8. The van der Waals surface area contributed by atoms with Crippen LogP contribution >= 0.6 is 23.1 Å². The number of aromatic nitrogens is 3. The van der Waals surface area contributed by atoms with E-state index in [1.54, 1.807) is 47.4 Å². The van der Waals surface area contributed by atoms with Gasteiger partial charge in [0.15, 0.2) is 11.0 Å². The first-order valence-electron chi connectivity index (χ1n) is 8.94. The fraction of sp³-hybridized carbons (Fsp3) is 0.368. The van der Waals surface area contributed by atoms with E-state index in [-0.39, 0.29) is 11.9 Å². The minimum Gasteiger partial charge on any atom is -0.435 e. The molecule has 0 N–H and O–H groups in total. The van der Waals surface area contributed by atoms with Gasteiger partial charge in [0, 0.05) is 12.4 Å². The Morgan fingerprint density at radius 3 is 2.79 bits per heavy atom. The van der Waals surface area contributed by atoms with Crippen molar-refractivity contribution in [3.8, 4) is 16.5 Å². The van der Waals surface area contributed by atoms with Crippen molar-refractivity contribution >= 4 is 23.1 Å². The maximum absolute atomic E-state index is 12.3. The van der Waals surface area contributed by atoms with Gasteiger partial charge in [0.25, 0.3) is 0 Å². The van der Waals surface area contributed by atoms with Crippen LogP contribution in [0.1, 0.15) is 18.4 Å². The summed E-state index contributed by atoms with van der Waals surface area (Å²) in [4.78, 5) is 1.07. The number of thioether (sulfide) groups is 1. The Morgan fingerprint density at radius 1 is 1.25 bits per heavy atom. The number of hydrogen-bond donors (Lipinski definition) is 0. The Morgan fingerprint density at radius 2 is 2.11 bits per heavy atom. The van der Waals surface area contributed by atoms with Crippen molar-refractivity contribution in [2.75, 3.05) is 6.61 Å². The lowest BCUT2D eigenvalue weighted by Gasteiger charge is -2.14. The third-order valence-electron chi connectivity index (χ3n) is 4.39. The van der Waals surface area contributed by atoms with Crippen LogP contribution in [0.2, 0.25) is 0 Å². The van der Waals surface area contributed by atoms with Gasteiger partial charge in [-0.3, -0.25) is 4.57 Å². The molecule has 1 fully saturated rings. The van der Waals surface area contributed by atoms with Crippen molar-refractivity contribution in [1.82, 2.24) is 14.8 Å². The molecule has 5 nitrogen and oxygen atoms in total. The number of ether oxygens (including phenoxy) is 2. The molecule has 0 bridgehead atoms. The van der Waals surface area contributed by atoms with Crippen LogP contribution in [0.4, 0.5) is 8.78 Å². The monoisotopic (exact) mass is 423 g/mol. The van der Waals surface area contributed by atoms with E-state index in [9.17, 15) is 8.78 Å². The van der Waals surface area contributed by atoms with E-state index in [1.807, 2.05) is 17.5 Å². The zero-order chi connectivity index (χ0) is 19.3. The minimum absolute atomic E-state index is 0.158. The molecule has 2 aromatic heterocycles. The number of alkyl halides is 2. The second-order valence-corrected chi connectivity index (χ2v) is 8.23. The third-order valence-corrected chi connectivity index (χ3v) is 6.29. The van der Waals surface area contributed by atoms with Gasteiger partial charge >= 0.3 is 6.61 Å². The van der Waals surface area contributed by atoms with Gasteiger partial charge in [0.2, 0.25) is 0 Å². The molecule has 148 valence electrons. The van der Waals surface area contributed by atoms with Crippen LogP contribution in [0.15, 0.2) is 46.9 Å². The first-order valence-corrected chi connectivity index (χ1v) is 10.8. The van der Waals surface area contributed by atoms with Crippen molar-refractivity contribution in [3.05, 3.63) is 47.3 Å². The summed E-state index contributed by atoms with van der Waals surface area (Å²) in [5, 5.41) is 11.6. The number of hydrogen-bond acceptors (Lipinski definition) is 6. The lowest BCUT2D eigenvalue weighted by atomic mass is 10.2. The Hall–Kier alpha value is -1.97. The van der Waals surface area contributed by atoms with Crippen LogP contribution in [0.3, 0.4) is 0 Å². The standard InChI is InChI=1S/C19H19F2N3O2S2/c20-18(21)26-14-7-5-13(6-8-14)12-28-19-23-22-17(16-4-2-10-27-16)24(19)11-15-3-1-9-25-15/h2,4-8,10,15,18H,1,3,9,11-12H2. The second-order valence-electron chi connectivity index (χ2n) is 6.34. The summed E-state index contributed by atoms with van der Waals surface area (Å²) in [6.45, 7) is -1.28. The fourth-order valence-electron chi connectivity index (χ4n) is 3.06. The molecule has 9 heteroatoms. The summed E-state index contributed by atoms with van der Waals surface area (Å²) in [7, 11) is 0. The lowest BCUT2D eigenvalue weighted by Crippen LogP contribution is -2.16. The zero-order valence-electron chi connectivity index (χ0n) is 15.0. The molecule has 28 heavy (non-hydrogen) atoms. The molecule has 3 aromatic rings. The van der Waals surface area contributed by atoms with Crippen LogP contribution in [0.5, 0.6) is 5.75 Å². The molecule has 1 aliphatic heterocycles. The highest BCUT2D eigenvalue weighted by atomic mass is 32.2. The van der Waals surface area contributed by atoms with Gasteiger partial charge in [0.05, 0.1) is 17.5 Å². The smallest absolute Gasteiger partial charge is 0.387 e. The average Bonchev–Trinajstić information content (AvgIpc) is 3.43. The van der Waals surface area contributed by atoms with Crippen LogP contribution in [-0.4, -0.2) is 34.1 Å². The molecule has 1 saturated heterocycles. The molecule has 0 saturated carbocycles. The van der Waals surface area contributed by atoms with Gasteiger partial charge in [-0.15, -0.1) is 21.5 Å². The van der Waals surface area contributed by atoms with Crippen LogP contribution < -0.4 is 4.74 Å². The van der Waals surface area contributed by atoms with E-state index >= 15 is 0 Å². The first kappa shape index (κ1) is 19.4. The van der Waals surface area contributed by atoms with E-state index in [0.29, 0.717) is 5.75 Å². The van der Waals surface area contributed by atoms with Gasteiger partial charge in [-0.2, -0.15) is 8.78 Å². The first-order chi connectivity index (χ1) is 13.7. The summed E-state index contributed by atoms with van der Waals surface area (Å²) in [5.74, 6) is 1.67. The maximum Gasteiger partial charge on any atom is 0.387 e. The number of thiophene rings is 1. The largest absolute Gasteiger partial charge is 0.435 e. The highest BCUT2D eigenvalue weighted by molar-refractivity contribution is 7.98.